The summed E-state index contributed by atoms with van der Waals surface area (Å²) >= 11 is 0. The first-order valence-electron chi connectivity index (χ1n) is 5.54. The smallest absolute Gasteiger partial charge is 0.228 e. The van der Waals surface area contributed by atoms with Crippen molar-refractivity contribution in [1.29, 1.82) is 0 Å². The second kappa shape index (κ2) is 6.27. The molecule has 0 saturated heterocycles. The lowest BCUT2D eigenvalue weighted by Crippen LogP contribution is -2.29. The van der Waals surface area contributed by atoms with Gasteiger partial charge in [0.1, 0.15) is 0 Å². The fourth-order valence-electron chi connectivity index (χ4n) is 1.37. The lowest BCUT2D eigenvalue weighted by atomic mass is 10.2. The Morgan fingerprint density at radius 2 is 2.31 bits per heavy atom. The van der Waals surface area contributed by atoms with Crippen molar-refractivity contribution in [2.45, 2.75) is 13.8 Å². The van der Waals surface area contributed by atoms with Crippen molar-refractivity contribution < 1.29 is 4.74 Å². The molecule has 16 heavy (non-hydrogen) atoms. The molecular formula is C11H20N4O. The number of rotatable bonds is 6. The normalized spacial score (nSPS) is 12.2. The molecule has 1 heterocycles. The van der Waals surface area contributed by atoms with Gasteiger partial charge in [-0.05, 0) is 19.4 Å². The average molecular weight is 224 g/mol. The first-order valence-corrected chi connectivity index (χ1v) is 5.54. The Hall–Kier alpha value is -1.36. The minimum Gasteiger partial charge on any atom is -0.478 e. The van der Waals surface area contributed by atoms with Crippen molar-refractivity contribution in [2.75, 3.05) is 31.6 Å². The molecule has 5 nitrogen and oxygen atoms in total. The monoisotopic (exact) mass is 224 g/mol. The van der Waals surface area contributed by atoms with Crippen molar-refractivity contribution >= 4 is 5.95 Å². The molecule has 0 saturated carbocycles. The minimum atomic E-state index is 0.421. The van der Waals surface area contributed by atoms with Crippen LogP contribution < -0.4 is 15.4 Å². The molecule has 0 aromatic carbocycles. The summed E-state index contributed by atoms with van der Waals surface area (Å²) in [6.45, 7) is 6.14. The second-order valence-corrected chi connectivity index (χ2v) is 3.85. The van der Waals surface area contributed by atoms with Gasteiger partial charge in [-0.15, -0.1) is 0 Å². The van der Waals surface area contributed by atoms with E-state index in [0.717, 1.165) is 6.54 Å². The van der Waals surface area contributed by atoms with Gasteiger partial charge in [-0.25, -0.2) is 4.98 Å². The summed E-state index contributed by atoms with van der Waals surface area (Å²) in [6.07, 6.45) is 1.71. The molecule has 0 bridgehead atoms. The van der Waals surface area contributed by atoms with E-state index in [4.69, 9.17) is 10.5 Å². The first kappa shape index (κ1) is 12.7. The molecule has 0 aliphatic carbocycles. The van der Waals surface area contributed by atoms with Gasteiger partial charge in [0.15, 0.2) is 0 Å². The maximum atomic E-state index is 5.58. The molecule has 0 fully saturated rings. The van der Waals surface area contributed by atoms with Gasteiger partial charge in [0.05, 0.1) is 6.61 Å². The third-order valence-corrected chi connectivity index (χ3v) is 2.24. The molecule has 1 aromatic rings. The minimum absolute atomic E-state index is 0.421. The number of hydrogen-bond donors (Lipinski definition) is 1. The van der Waals surface area contributed by atoms with Crippen molar-refractivity contribution in [3.8, 4) is 5.88 Å². The van der Waals surface area contributed by atoms with E-state index in [1.165, 1.54) is 0 Å². The first-order chi connectivity index (χ1) is 7.67. The standard InChI is InChI=1S/C11H20N4O/c1-4-16-10-5-6-13-11(14-10)15(3)8-9(2)7-12/h5-6,9H,4,7-8,12H2,1-3H3. The van der Waals surface area contributed by atoms with Gasteiger partial charge >= 0.3 is 0 Å². The van der Waals surface area contributed by atoms with E-state index in [2.05, 4.69) is 16.9 Å². The molecule has 1 atom stereocenters. The van der Waals surface area contributed by atoms with E-state index in [1.54, 1.807) is 12.3 Å². The molecule has 1 rings (SSSR count). The molecule has 5 heteroatoms. The second-order valence-electron chi connectivity index (χ2n) is 3.85. The van der Waals surface area contributed by atoms with E-state index >= 15 is 0 Å². The summed E-state index contributed by atoms with van der Waals surface area (Å²) in [5.41, 5.74) is 5.58. The van der Waals surface area contributed by atoms with Crippen molar-refractivity contribution in [3.05, 3.63) is 12.3 Å². The van der Waals surface area contributed by atoms with Crippen LogP contribution in [0.5, 0.6) is 5.88 Å². The lowest BCUT2D eigenvalue weighted by Gasteiger charge is -2.20. The Morgan fingerprint density at radius 3 is 2.94 bits per heavy atom. The highest BCUT2D eigenvalue weighted by Gasteiger charge is 2.09. The number of hydrogen-bond acceptors (Lipinski definition) is 5. The average Bonchev–Trinajstić information content (AvgIpc) is 2.29. The van der Waals surface area contributed by atoms with Crippen molar-refractivity contribution in [3.63, 3.8) is 0 Å². The van der Waals surface area contributed by atoms with Crippen molar-refractivity contribution in [1.82, 2.24) is 9.97 Å². The summed E-state index contributed by atoms with van der Waals surface area (Å²) in [4.78, 5) is 10.5. The Balaban J connectivity index is 2.67. The van der Waals surface area contributed by atoms with E-state index in [9.17, 15) is 0 Å². The Morgan fingerprint density at radius 1 is 1.56 bits per heavy atom. The van der Waals surface area contributed by atoms with E-state index in [-0.39, 0.29) is 0 Å². The van der Waals surface area contributed by atoms with Gasteiger partial charge in [0.25, 0.3) is 0 Å². The zero-order chi connectivity index (χ0) is 12.0. The highest BCUT2D eigenvalue weighted by Crippen LogP contribution is 2.12. The fourth-order valence-corrected chi connectivity index (χ4v) is 1.37. The summed E-state index contributed by atoms with van der Waals surface area (Å²) < 4.78 is 5.33. The van der Waals surface area contributed by atoms with Crippen LogP contribution in [0.4, 0.5) is 5.95 Å². The Kier molecular flexibility index (Phi) is 4.98. The maximum Gasteiger partial charge on any atom is 0.228 e. The van der Waals surface area contributed by atoms with Crippen LogP contribution in [0.3, 0.4) is 0 Å². The maximum absolute atomic E-state index is 5.58. The third-order valence-electron chi connectivity index (χ3n) is 2.24. The summed E-state index contributed by atoms with van der Waals surface area (Å²) in [5.74, 6) is 1.70. The highest BCUT2D eigenvalue weighted by atomic mass is 16.5. The molecule has 0 spiro atoms. The number of nitrogens with two attached hydrogens (primary N) is 1. The number of anilines is 1. The van der Waals surface area contributed by atoms with E-state index < -0.39 is 0 Å². The van der Waals surface area contributed by atoms with Crippen LogP contribution in [0, 0.1) is 5.92 Å². The largest absolute Gasteiger partial charge is 0.478 e. The van der Waals surface area contributed by atoms with Crippen molar-refractivity contribution in [2.24, 2.45) is 11.7 Å². The lowest BCUT2D eigenvalue weighted by molar-refractivity contribution is 0.326. The molecule has 1 unspecified atom stereocenters. The summed E-state index contributed by atoms with van der Waals surface area (Å²) in [5, 5.41) is 0. The van der Waals surface area contributed by atoms with E-state index in [1.807, 2.05) is 18.9 Å². The van der Waals surface area contributed by atoms with Gasteiger partial charge in [0.2, 0.25) is 11.8 Å². The number of ether oxygens (including phenoxy) is 1. The van der Waals surface area contributed by atoms with Crippen LogP contribution >= 0.6 is 0 Å². The molecule has 0 amide bonds. The van der Waals surface area contributed by atoms with Crippen LogP contribution in [-0.2, 0) is 0 Å². The Bertz CT molecular complexity index is 319. The predicted molar refractivity (Wildman–Crippen MR) is 64.7 cm³/mol. The van der Waals surface area contributed by atoms with E-state index in [0.29, 0.717) is 30.9 Å². The van der Waals surface area contributed by atoms with Gasteiger partial charge in [-0.3, -0.25) is 0 Å². The molecule has 1 aromatic heterocycles. The van der Waals surface area contributed by atoms with Crippen LogP contribution in [-0.4, -0.2) is 36.7 Å². The molecule has 2 N–H and O–H groups in total. The molecule has 90 valence electrons. The fraction of sp³-hybridized carbons (Fsp3) is 0.636. The summed E-state index contributed by atoms with van der Waals surface area (Å²) in [7, 11) is 1.96. The Labute approximate surface area is 96.6 Å². The number of aromatic nitrogens is 2. The topological polar surface area (TPSA) is 64.3 Å². The predicted octanol–water partition coefficient (Wildman–Crippen LogP) is 0.906. The third kappa shape index (κ3) is 3.66. The quantitative estimate of drug-likeness (QED) is 0.778. The molecular weight excluding hydrogens is 204 g/mol. The van der Waals surface area contributed by atoms with Crippen LogP contribution in [0.25, 0.3) is 0 Å². The molecule has 0 radical (unpaired) electrons. The van der Waals surface area contributed by atoms with Crippen LogP contribution in [0.15, 0.2) is 12.3 Å². The number of nitrogens with zero attached hydrogens (tertiary/aromatic N) is 3. The highest BCUT2D eigenvalue weighted by molar-refractivity contribution is 5.30. The van der Waals surface area contributed by atoms with Gasteiger partial charge < -0.3 is 15.4 Å². The van der Waals surface area contributed by atoms with Gasteiger partial charge in [-0.2, -0.15) is 4.98 Å². The zero-order valence-electron chi connectivity index (χ0n) is 10.2. The molecule has 0 aliphatic rings. The summed E-state index contributed by atoms with van der Waals surface area (Å²) in [6, 6.07) is 1.76. The SMILES string of the molecule is CCOc1ccnc(N(C)CC(C)CN)n1. The van der Waals surface area contributed by atoms with Gasteiger partial charge in [0, 0.05) is 25.9 Å². The van der Waals surface area contributed by atoms with Crippen LogP contribution in [0.2, 0.25) is 0 Å². The molecule has 0 aliphatic heterocycles. The van der Waals surface area contributed by atoms with Crippen LogP contribution in [0.1, 0.15) is 13.8 Å². The zero-order valence-corrected chi connectivity index (χ0v) is 10.2. The van der Waals surface area contributed by atoms with Gasteiger partial charge in [-0.1, -0.05) is 6.92 Å².